The van der Waals surface area contributed by atoms with Crippen LogP contribution >= 0.6 is 11.3 Å². The molecule has 0 aliphatic carbocycles. The molecule has 0 aromatic carbocycles. The highest BCUT2D eigenvalue weighted by molar-refractivity contribution is 7.09. The van der Waals surface area contributed by atoms with Crippen LogP contribution in [0, 0.1) is 6.92 Å². The molecule has 1 heterocycles. The Kier molecular flexibility index (Phi) is 6.78. The van der Waals surface area contributed by atoms with E-state index >= 15 is 0 Å². The Hall–Kier alpha value is -0.490. The molecule has 2 N–H and O–H groups in total. The summed E-state index contributed by atoms with van der Waals surface area (Å²) < 4.78 is 0. The number of likely N-dealkylation sites (N-methyl/N-ethyl adjacent to an activating group) is 1. The Balaban J connectivity index is 2.31. The van der Waals surface area contributed by atoms with E-state index in [9.17, 15) is 5.11 Å². The van der Waals surface area contributed by atoms with Gasteiger partial charge in [-0.1, -0.05) is 13.8 Å². The van der Waals surface area contributed by atoms with E-state index in [4.69, 9.17) is 0 Å². The first-order chi connectivity index (χ1) is 8.56. The summed E-state index contributed by atoms with van der Waals surface area (Å²) in [7, 11) is 0. The number of hydrogen-bond donors (Lipinski definition) is 2. The fourth-order valence-electron chi connectivity index (χ4n) is 1.82. The van der Waals surface area contributed by atoms with Crippen LogP contribution in [0.15, 0.2) is 5.38 Å². The van der Waals surface area contributed by atoms with Crippen LogP contribution in [0.2, 0.25) is 0 Å². The van der Waals surface area contributed by atoms with Crippen molar-refractivity contribution in [1.82, 2.24) is 15.2 Å². The Morgan fingerprint density at radius 2 is 2.11 bits per heavy atom. The summed E-state index contributed by atoms with van der Waals surface area (Å²) in [5.74, 6) is 0. The van der Waals surface area contributed by atoms with Gasteiger partial charge in [0.2, 0.25) is 0 Å². The maximum absolute atomic E-state index is 9.96. The molecule has 0 bridgehead atoms. The van der Waals surface area contributed by atoms with Crippen molar-refractivity contribution in [2.24, 2.45) is 0 Å². The highest BCUT2D eigenvalue weighted by Crippen LogP contribution is 2.17. The highest BCUT2D eigenvalue weighted by Gasteiger charge is 2.13. The van der Waals surface area contributed by atoms with E-state index in [-0.39, 0.29) is 12.1 Å². The number of aromatic nitrogens is 1. The average Bonchev–Trinajstić information content (AvgIpc) is 2.79. The van der Waals surface area contributed by atoms with Gasteiger partial charge in [0, 0.05) is 24.2 Å². The summed E-state index contributed by atoms with van der Waals surface area (Å²) in [4.78, 5) is 6.67. The number of aliphatic hydroxyl groups excluding tert-OH is 1. The quantitative estimate of drug-likeness (QED) is 0.757. The minimum atomic E-state index is -0.326. The fraction of sp³-hybridized carbons (Fsp3) is 0.769. The van der Waals surface area contributed by atoms with Gasteiger partial charge in [0.15, 0.2) is 0 Å². The van der Waals surface area contributed by atoms with Gasteiger partial charge in [-0.25, -0.2) is 4.98 Å². The molecule has 0 saturated heterocycles. The second-order valence-corrected chi connectivity index (χ2v) is 5.49. The SMILES string of the molecule is CCN(CC)CC(O)CNC(C)c1nc(C)cs1. The first-order valence-corrected chi connectivity index (χ1v) is 7.50. The third-order valence-electron chi connectivity index (χ3n) is 3.03. The van der Waals surface area contributed by atoms with Crippen molar-refractivity contribution < 1.29 is 5.11 Å². The molecule has 0 amide bonds. The van der Waals surface area contributed by atoms with Crippen LogP contribution in [0.1, 0.15) is 37.5 Å². The molecule has 0 aliphatic heterocycles. The van der Waals surface area contributed by atoms with Gasteiger partial charge in [-0.2, -0.15) is 0 Å². The van der Waals surface area contributed by atoms with Crippen LogP contribution in [0.3, 0.4) is 0 Å². The summed E-state index contributed by atoms with van der Waals surface area (Å²) >= 11 is 1.67. The molecule has 0 radical (unpaired) electrons. The molecule has 0 fully saturated rings. The zero-order valence-corrected chi connectivity index (χ0v) is 12.6. The van der Waals surface area contributed by atoms with E-state index in [1.165, 1.54) is 0 Å². The van der Waals surface area contributed by atoms with E-state index < -0.39 is 0 Å². The molecule has 2 atom stereocenters. The summed E-state index contributed by atoms with van der Waals surface area (Å²) in [6.45, 7) is 11.6. The van der Waals surface area contributed by atoms with Gasteiger partial charge in [0.05, 0.1) is 12.1 Å². The molecule has 0 spiro atoms. The number of aliphatic hydroxyl groups is 1. The maximum Gasteiger partial charge on any atom is 0.110 e. The maximum atomic E-state index is 9.96. The zero-order valence-electron chi connectivity index (χ0n) is 11.8. The lowest BCUT2D eigenvalue weighted by atomic mass is 10.2. The Bertz CT molecular complexity index is 339. The summed E-state index contributed by atoms with van der Waals surface area (Å²) in [6.07, 6.45) is -0.326. The Morgan fingerprint density at radius 3 is 2.61 bits per heavy atom. The Labute approximate surface area is 114 Å². The number of rotatable bonds is 8. The van der Waals surface area contributed by atoms with Crippen LogP contribution < -0.4 is 5.32 Å². The van der Waals surface area contributed by atoms with Gasteiger partial charge in [0.1, 0.15) is 5.01 Å². The van der Waals surface area contributed by atoms with Crippen LogP contribution in [0.25, 0.3) is 0 Å². The zero-order chi connectivity index (χ0) is 13.5. The Morgan fingerprint density at radius 1 is 1.44 bits per heavy atom. The minimum Gasteiger partial charge on any atom is -0.390 e. The van der Waals surface area contributed by atoms with Crippen molar-refractivity contribution in [2.75, 3.05) is 26.2 Å². The first kappa shape index (κ1) is 15.6. The van der Waals surface area contributed by atoms with E-state index in [2.05, 4.69) is 41.4 Å². The molecule has 0 aliphatic rings. The minimum absolute atomic E-state index is 0.204. The standard InChI is InChI=1S/C13H25N3OS/c1-5-16(6-2)8-12(17)7-14-11(4)13-15-10(3)9-18-13/h9,11-12,14,17H,5-8H2,1-4H3. The van der Waals surface area contributed by atoms with Crippen LogP contribution in [0.5, 0.6) is 0 Å². The summed E-state index contributed by atoms with van der Waals surface area (Å²) in [5, 5.41) is 16.4. The van der Waals surface area contributed by atoms with E-state index in [0.717, 1.165) is 30.3 Å². The lowest BCUT2D eigenvalue weighted by molar-refractivity contribution is 0.114. The molecular weight excluding hydrogens is 246 g/mol. The number of aryl methyl sites for hydroxylation is 1. The van der Waals surface area contributed by atoms with Crippen molar-refractivity contribution in [2.45, 2.75) is 39.8 Å². The molecule has 1 rings (SSSR count). The molecule has 0 saturated carbocycles. The van der Waals surface area contributed by atoms with Gasteiger partial charge in [-0.3, -0.25) is 0 Å². The van der Waals surface area contributed by atoms with E-state index in [0.29, 0.717) is 6.54 Å². The smallest absolute Gasteiger partial charge is 0.110 e. The summed E-state index contributed by atoms with van der Waals surface area (Å²) in [5.41, 5.74) is 1.06. The molecule has 4 nitrogen and oxygen atoms in total. The molecule has 1 aromatic heterocycles. The fourth-order valence-corrected chi connectivity index (χ4v) is 2.64. The summed E-state index contributed by atoms with van der Waals surface area (Å²) in [6, 6.07) is 0.204. The predicted octanol–water partition coefficient (Wildman–Crippen LogP) is 1.80. The van der Waals surface area contributed by atoms with Gasteiger partial charge in [-0.15, -0.1) is 11.3 Å². The topological polar surface area (TPSA) is 48.4 Å². The van der Waals surface area contributed by atoms with Crippen LogP contribution in [0.4, 0.5) is 0 Å². The highest BCUT2D eigenvalue weighted by atomic mass is 32.1. The lowest BCUT2D eigenvalue weighted by Crippen LogP contribution is -2.38. The normalized spacial score (nSPS) is 15.0. The number of nitrogens with one attached hydrogen (secondary N) is 1. The lowest BCUT2D eigenvalue weighted by Gasteiger charge is -2.23. The average molecular weight is 271 g/mol. The molecule has 1 aromatic rings. The van der Waals surface area contributed by atoms with Crippen molar-refractivity contribution in [3.63, 3.8) is 0 Å². The van der Waals surface area contributed by atoms with Crippen LogP contribution in [-0.2, 0) is 0 Å². The third-order valence-corrected chi connectivity index (χ3v) is 4.18. The predicted molar refractivity (Wildman–Crippen MR) is 77.1 cm³/mol. The van der Waals surface area contributed by atoms with Crippen molar-refractivity contribution in [3.8, 4) is 0 Å². The number of thiazole rings is 1. The second kappa shape index (κ2) is 7.84. The largest absolute Gasteiger partial charge is 0.390 e. The van der Waals surface area contributed by atoms with Gasteiger partial charge < -0.3 is 15.3 Å². The van der Waals surface area contributed by atoms with Crippen molar-refractivity contribution >= 4 is 11.3 Å². The van der Waals surface area contributed by atoms with E-state index in [1.54, 1.807) is 11.3 Å². The van der Waals surface area contributed by atoms with Crippen molar-refractivity contribution in [1.29, 1.82) is 0 Å². The van der Waals surface area contributed by atoms with Crippen molar-refractivity contribution in [3.05, 3.63) is 16.1 Å². The molecule has 2 unspecified atom stereocenters. The molecule has 104 valence electrons. The van der Waals surface area contributed by atoms with Gasteiger partial charge in [0.25, 0.3) is 0 Å². The van der Waals surface area contributed by atoms with Gasteiger partial charge >= 0.3 is 0 Å². The van der Waals surface area contributed by atoms with E-state index in [1.807, 2.05) is 6.92 Å². The molecule has 18 heavy (non-hydrogen) atoms. The molecule has 5 heteroatoms. The number of nitrogens with zero attached hydrogens (tertiary/aromatic N) is 2. The first-order valence-electron chi connectivity index (χ1n) is 6.62. The van der Waals surface area contributed by atoms with Crippen LogP contribution in [-0.4, -0.2) is 47.3 Å². The third kappa shape index (κ3) is 5.02. The number of hydrogen-bond acceptors (Lipinski definition) is 5. The second-order valence-electron chi connectivity index (χ2n) is 4.60. The monoisotopic (exact) mass is 271 g/mol. The van der Waals surface area contributed by atoms with Gasteiger partial charge in [-0.05, 0) is 26.9 Å². The molecular formula is C13H25N3OS.